The molecule has 8 heteroatoms. The van der Waals surface area contributed by atoms with Crippen molar-refractivity contribution in [1.82, 2.24) is 9.97 Å². The molecule has 2 N–H and O–H groups in total. The Hall–Kier alpha value is -2.97. The third-order valence-corrected chi connectivity index (χ3v) is 6.29. The van der Waals surface area contributed by atoms with Gasteiger partial charge in [-0.25, -0.2) is 9.97 Å². The van der Waals surface area contributed by atoms with Crippen molar-refractivity contribution in [1.29, 1.82) is 0 Å². The third-order valence-electron chi connectivity index (χ3n) is 4.13. The minimum atomic E-state index is 0.121. The summed E-state index contributed by atoms with van der Waals surface area (Å²) in [6.45, 7) is 4.52. The summed E-state index contributed by atoms with van der Waals surface area (Å²) >= 11 is 3.03. The first-order chi connectivity index (χ1) is 13.7. The first-order valence-electron chi connectivity index (χ1n) is 8.71. The van der Waals surface area contributed by atoms with Crippen LogP contribution in [0.4, 0.5) is 5.82 Å². The van der Waals surface area contributed by atoms with Crippen molar-refractivity contribution in [2.45, 2.75) is 13.8 Å². The van der Waals surface area contributed by atoms with E-state index in [9.17, 15) is 5.11 Å². The maximum absolute atomic E-state index is 10.8. The van der Waals surface area contributed by atoms with Crippen molar-refractivity contribution >= 4 is 44.9 Å². The van der Waals surface area contributed by atoms with Crippen molar-refractivity contribution in [3.8, 4) is 21.9 Å². The van der Waals surface area contributed by atoms with Gasteiger partial charge in [-0.05, 0) is 43.0 Å². The number of nitrogens with zero attached hydrogens (tertiary/aromatic N) is 3. The first-order valence-corrected chi connectivity index (χ1v) is 10.4. The number of aryl methyl sites for hydroxylation is 1. The van der Waals surface area contributed by atoms with Crippen molar-refractivity contribution in [2.75, 3.05) is 12.0 Å². The summed E-state index contributed by atoms with van der Waals surface area (Å²) < 4.78 is 6.45. The number of aromatic hydroxyl groups is 1. The molecule has 0 aliphatic rings. The second kappa shape index (κ2) is 7.95. The second-order valence-electron chi connectivity index (χ2n) is 5.95. The Morgan fingerprint density at radius 3 is 2.89 bits per heavy atom. The lowest BCUT2D eigenvalue weighted by atomic mass is 10.1. The molecule has 4 aromatic rings. The zero-order valence-electron chi connectivity index (χ0n) is 15.3. The first kappa shape index (κ1) is 18.4. The van der Waals surface area contributed by atoms with E-state index in [1.165, 1.54) is 23.2 Å². The number of benzene rings is 1. The van der Waals surface area contributed by atoms with Crippen LogP contribution >= 0.6 is 22.7 Å². The van der Waals surface area contributed by atoms with E-state index in [1.54, 1.807) is 17.6 Å². The van der Waals surface area contributed by atoms with Gasteiger partial charge >= 0.3 is 0 Å². The summed E-state index contributed by atoms with van der Waals surface area (Å²) in [6, 6.07) is 9.69. The van der Waals surface area contributed by atoms with Crippen LogP contribution in [0.25, 0.3) is 20.7 Å². The number of anilines is 1. The number of hydrogen-bond acceptors (Lipinski definition) is 8. The number of fused-ring (bicyclic) bond motifs is 1. The van der Waals surface area contributed by atoms with Gasteiger partial charge in [0.05, 0.1) is 17.7 Å². The van der Waals surface area contributed by atoms with Crippen molar-refractivity contribution in [3.05, 3.63) is 52.5 Å². The maximum Gasteiger partial charge on any atom is 0.167 e. The van der Waals surface area contributed by atoms with Crippen LogP contribution in [0.15, 0.2) is 47.1 Å². The molecule has 0 saturated carbocycles. The summed E-state index contributed by atoms with van der Waals surface area (Å²) in [6.07, 6.45) is 3.19. The number of thiophene rings is 2. The zero-order valence-corrected chi connectivity index (χ0v) is 17.0. The van der Waals surface area contributed by atoms with E-state index >= 15 is 0 Å². The van der Waals surface area contributed by atoms with E-state index in [1.807, 2.05) is 49.6 Å². The van der Waals surface area contributed by atoms with E-state index in [-0.39, 0.29) is 5.75 Å². The highest BCUT2D eigenvalue weighted by molar-refractivity contribution is 7.23. The molecule has 3 aromatic heterocycles. The van der Waals surface area contributed by atoms with Gasteiger partial charge < -0.3 is 9.84 Å². The molecule has 0 fully saturated rings. The Balaban J connectivity index is 1.72. The number of aromatic nitrogens is 2. The van der Waals surface area contributed by atoms with Gasteiger partial charge in [-0.2, -0.15) is 5.10 Å². The fraction of sp³-hybridized carbons (Fsp3) is 0.150. The Morgan fingerprint density at radius 2 is 2.11 bits per heavy atom. The standard InChI is InChI=1S/C20H18N4O2S2/c1-3-26-14-7-5-4-6-13(14)18-17(25)16-19(28-18)20(22-11-21-16)24-23-10-15-12(2)8-9-27-15/h4-11,25H,3H2,1-2H3,(H,21,22,24). The summed E-state index contributed by atoms with van der Waals surface area (Å²) in [5, 5.41) is 17.1. The number of hydrazone groups is 1. The summed E-state index contributed by atoms with van der Waals surface area (Å²) in [5.74, 6) is 1.40. The van der Waals surface area contributed by atoms with Crippen LogP contribution in [0, 0.1) is 6.92 Å². The molecule has 6 nitrogen and oxygen atoms in total. The molecule has 1 aromatic carbocycles. The van der Waals surface area contributed by atoms with Crippen LogP contribution in [0.3, 0.4) is 0 Å². The molecule has 0 saturated heterocycles. The predicted octanol–water partition coefficient (Wildman–Crippen LogP) is 5.28. The predicted molar refractivity (Wildman–Crippen MR) is 116 cm³/mol. The number of nitrogens with one attached hydrogen (secondary N) is 1. The van der Waals surface area contributed by atoms with Gasteiger partial charge in [-0.1, -0.05) is 12.1 Å². The topological polar surface area (TPSA) is 79.6 Å². The smallest absolute Gasteiger partial charge is 0.167 e. The van der Waals surface area contributed by atoms with Gasteiger partial charge in [0.15, 0.2) is 11.6 Å². The van der Waals surface area contributed by atoms with E-state index in [4.69, 9.17) is 4.74 Å². The van der Waals surface area contributed by atoms with Gasteiger partial charge in [-0.15, -0.1) is 22.7 Å². The second-order valence-corrected chi connectivity index (χ2v) is 7.92. The average Bonchev–Trinajstić information content (AvgIpc) is 3.27. The Bertz CT molecular complexity index is 1150. The van der Waals surface area contributed by atoms with E-state index < -0.39 is 0 Å². The third kappa shape index (κ3) is 3.44. The molecular weight excluding hydrogens is 392 g/mol. The van der Waals surface area contributed by atoms with Crippen LogP contribution in [0.2, 0.25) is 0 Å². The van der Waals surface area contributed by atoms with Crippen molar-refractivity contribution < 1.29 is 9.84 Å². The van der Waals surface area contributed by atoms with Crippen molar-refractivity contribution in [3.63, 3.8) is 0 Å². The Kier molecular flexibility index (Phi) is 5.23. The molecule has 0 aliphatic carbocycles. The van der Waals surface area contributed by atoms with Crippen LogP contribution < -0.4 is 10.2 Å². The molecule has 0 aliphatic heterocycles. The number of rotatable bonds is 6. The van der Waals surface area contributed by atoms with E-state index in [2.05, 4.69) is 20.5 Å². The van der Waals surface area contributed by atoms with Gasteiger partial charge in [0.2, 0.25) is 0 Å². The number of para-hydroxylation sites is 1. The average molecular weight is 411 g/mol. The number of ether oxygens (including phenoxy) is 1. The lowest BCUT2D eigenvalue weighted by Gasteiger charge is -2.08. The molecular formula is C20H18N4O2S2. The molecule has 28 heavy (non-hydrogen) atoms. The quantitative estimate of drug-likeness (QED) is 0.334. The Labute approximate surface area is 170 Å². The molecule has 0 radical (unpaired) electrons. The van der Waals surface area contributed by atoms with Crippen LogP contribution in [-0.4, -0.2) is 27.9 Å². The lowest BCUT2D eigenvalue weighted by Crippen LogP contribution is -1.94. The molecule has 0 atom stereocenters. The molecule has 0 amide bonds. The Morgan fingerprint density at radius 1 is 1.25 bits per heavy atom. The lowest BCUT2D eigenvalue weighted by molar-refractivity contribution is 0.341. The SMILES string of the molecule is CCOc1ccccc1-c1sc2c(NN=Cc3sccc3C)ncnc2c1O. The summed E-state index contributed by atoms with van der Waals surface area (Å²) in [4.78, 5) is 10.3. The maximum atomic E-state index is 10.8. The normalized spacial score (nSPS) is 11.4. The van der Waals surface area contributed by atoms with Crippen molar-refractivity contribution in [2.24, 2.45) is 5.10 Å². The van der Waals surface area contributed by atoms with Gasteiger partial charge in [0.25, 0.3) is 0 Å². The van der Waals surface area contributed by atoms with Crippen LogP contribution in [0.1, 0.15) is 17.4 Å². The monoisotopic (exact) mass is 410 g/mol. The highest BCUT2D eigenvalue weighted by Gasteiger charge is 2.19. The summed E-state index contributed by atoms with van der Waals surface area (Å²) in [7, 11) is 0. The molecule has 3 heterocycles. The molecule has 142 valence electrons. The molecule has 4 rings (SSSR count). The van der Waals surface area contributed by atoms with E-state index in [0.29, 0.717) is 22.8 Å². The number of hydrogen-bond donors (Lipinski definition) is 2. The minimum absolute atomic E-state index is 0.121. The summed E-state index contributed by atoms with van der Waals surface area (Å²) in [5.41, 5.74) is 5.47. The molecule has 0 bridgehead atoms. The fourth-order valence-corrected chi connectivity index (χ4v) is 4.67. The van der Waals surface area contributed by atoms with Gasteiger partial charge in [0, 0.05) is 10.4 Å². The van der Waals surface area contributed by atoms with Crippen LogP contribution in [-0.2, 0) is 0 Å². The molecule has 0 unspecified atom stereocenters. The van der Waals surface area contributed by atoms with E-state index in [0.717, 1.165) is 20.9 Å². The highest BCUT2D eigenvalue weighted by atomic mass is 32.1. The minimum Gasteiger partial charge on any atom is -0.504 e. The largest absolute Gasteiger partial charge is 0.504 e. The zero-order chi connectivity index (χ0) is 19.5. The molecule has 0 spiro atoms. The fourth-order valence-electron chi connectivity index (χ4n) is 2.76. The van der Waals surface area contributed by atoms with Crippen LogP contribution in [0.5, 0.6) is 11.5 Å². The van der Waals surface area contributed by atoms with Gasteiger partial charge in [0.1, 0.15) is 22.3 Å². The highest BCUT2D eigenvalue weighted by Crippen LogP contribution is 2.47. The van der Waals surface area contributed by atoms with Gasteiger partial charge in [-0.3, -0.25) is 5.43 Å².